The van der Waals surface area contributed by atoms with Crippen molar-refractivity contribution in [1.82, 2.24) is 19.5 Å². The molecule has 3 heterocycles. The van der Waals surface area contributed by atoms with E-state index >= 15 is 0 Å². The van der Waals surface area contributed by atoms with Crippen LogP contribution in [-0.4, -0.2) is 25.2 Å². The van der Waals surface area contributed by atoms with Crippen LogP contribution in [0.3, 0.4) is 0 Å². The molecular weight excluding hydrogens is 635 g/mol. The second-order valence-electron chi connectivity index (χ2n) is 15.2. The van der Waals surface area contributed by atoms with Gasteiger partial charge < -0.3 is 0 Å². The molecule has 5 nitrogen and oxygen atoms in total. The first-order valence-corrected chi connectivity index (χ1v) is 18.4. The van der Waals surface area contributed by atoms with Gasteiger partial charge in [-0.15, -0.1) is 0 Å². The van der Waals surface area contributed by atoms with E-state index in [0.29, 0.717) is 11.6 Å². The van der Waals surface area contributed by atoms with Gasteiger partial charge in [-0.25, -0.2) is 19.9 Å². The summed E-state index contributed by atoms with van der Waals surface area (Å²) >= 11 is 0. The van der Waals surface area contributed by atoms with Gasteiger partial charge in [-0.05, 0) is 81.6 Å². The lowest BCUT2D eigenvalue weighted by molar-refractivity contribution is 0.661. The van der Waals surface area contributed by atoms with Crippen LogP contribution in [0.25, 0.3) is 61.8 Å². The predicted molar refractivity (Wildman–Crippen MR) is 213 cm³/mol. The first kappa shape index (κ1) is 30.8. The maximum Gasteiger partial charge on any atom is 0.178 e. The summed E-state index contributed by atoms with van der Waals surface area (Å²) in [5.41, 5.74) is 10.6. The molecule has 52 heavy (non-hydrogen) atoms. The van der Waals surface area contributed by atoms with E-state index in [4.69, 9.17) is 19.9 Å². The maximum atomic E-state index is 5.47. The molecule has 7 aromatic rings. The molecule has 0 saturated heterocycles. The van der Waals surface area contributed by atoms with Crippen molar-refractivity contribution in [2.75, 3.05) is 0 Å². The zero-order valence-corrected chi connectivity index (χ0v) is 29.9. The first-order valence-electron chi connectivity index (χ1n) is 18.4. The Kier molecular flexibility index (Phi) is 6.85. The summed E-state index contributed by atoms with van der Waals surface area (Å²) in [7, 11) is 0. The number of nitrogens with zero attached hydrogens (tertiary/aromatic N) is 5. The summed E-state index contributed by atoms with van der Waals surface area (Å²) in [5.74, 6) is 3.46. The molecule has 3 aliphatic rings. The molecule has 1 aliphatic heterocycles. The molecule has 10 rings (SSSR count). The van der Waals surface area contributed by atoms with Gasteiger partial charge in [0.2, 0.25) is 0 Å². The Labute approximate surface area is 303 Å². The van der Waals surface area contributed by atoms with E-state index in [-0.39, 0.29) is 17.3 Å². The van der Waals surface area contributed by atoms with E-state index in [1.807, 2.05) is 18.2 Å². The van der Waals surface area contributed by atoms with E-state index in [9.17, 15) is 0 Å². The van der Waals surface area contributed by atoms with Crippen LogP contribution in [0.2, 0.25) is 0 Å². The summed E-state index contributed by atoms with van der Waals surface area (Å²) in [6, 6.07) is 41.3. The van der Waals surface area contributed by atoms with E-state index in [0.717, 1.165) is 41.3 Å². The third kappa shape index (κ3) is 4.68. The standard InChI is InChI=1S/C47H39N5/c1-28-24-39(45-49-44(31-15-6-5-7-16-31)50-46(51-45)43-29(2)22-23-30-14-8-9-17-32(30)43)48-42(25-28)52-40-21-13-11-19-34(40)36-26-35-33-18-10-12-20-37(33)47(3,4)38(35)27-41(36)52/h5-21,23,25-29H,22,24H2,1-4H3. The van der Waals surface area contributed by atoms with Crippen LogP contribution < -0.4 is 10.4 Å². The fraction of sp³-hybridized carbons (Fsp3) is 0.191. The maximum absolute atomic E-state index is 5.47. The van der Waals surface area contributed by atoms with Gasteiger partial charge >= 0.3 is 0 Å². The molecule has 0 radical (unpaired) electrons. The van der Waals surface area contributed by atoms with Crippen LogP contribution in [-0.2, 0) is 5.41 Å². The summed E-state index contributed by atoms with van der Waals surface area (Å²) < 4.78 is 2.37. The van der Waals surface area contributed by atoms with E-state index in [2.05, 4.69) is 141 Å². The number of hydrogen-bond acceptors (Lipinski definition) is 4. The molecule has 0 amide bonds. The molecule has 2 aliphatic carbocycles. The van der Waals surface area contributed by atoms with Crippen molar-refractivity contribution in [3.8, 4) is 22.5 Å². The molecule has 0 saturated carbocycles. The van der Waals surface area contributed by atoms with Crippen molar-refractivity contribution < 1.29 is 0 Å². The van der Waals surface area contributed by atoms with Gasteiger partial charge in [-0.3, -0.25) is 4.57 Å². The molecular formula is C47H39N5. The second kappa shape index (κ2) is 11.5. The largest absolute Gasteiger partial charge is 0.294 e. The normalized spacial score (nSPS) is 18.7. The molecule has 0 N–H and O–H groups in total. The van der Waals surface area contributed by atoms with Crippen molar-refractivity contribution in [3.63, 3.8) is 0 Å². The fourth-order valence-electron chi connectivity index (χ4n) is 8.81. The van der Waals surface area contributed by atoms with Gasteiger partial charge in [0.25, 0.3) is 0 Å². The smallest absolute Gasteiger partial charge is 0.178 e. The lowest BCUT2D eigenvalue weighted by Gasteiger charge is -2.23. The number of benzene rings is 5. The summed E-state index contributed by atoms with van der Waals surface area (Å²) in [4.78, 5) is 21.1. The number of aliphatic imine (C=N–C) groups is 1. The first-order chi connectivity index (χ1) is 25.3. The van der Waals surface area contributed by atoms with Gasteiger partial charge in [-0.2, -0.15) is 0 Å². The lowest BCUT2D eigenvalue weighted by Crippen LogP contribution is -2.33. The van der Waals surface area contributed by atoms with Crippen molar-refractivity contribution >= 4 is 45.0 Å². The lowest BCUT2D eigenvalue weighted by atomic mass is 9.82. The summed E-state index contributed by atoms with van der Waals surface area (Å²) in [5, 5.41) is 4.90. The van der Waals surface area contributed by atoms with Gasteiger partial charge in [0.05, 0.1) is 16.7 Å². The predicted octanol–water partition coefficient (Wildman–Crippen LogP) is 9.30. The monoisotopic (exact) mass is 673 g/mol. The second-order valence-corrected chi connectivity index (χ2v) is 15.2. The topological polar surface area (TPSA) is 56.0 Å². The Morgan fingerprint density at radius 3 is 2.27 bits per heavy atom. The highest BCUT2D eigenvalue weighted by Crippen LogP contribution is 2.51. The quantitative estimate of drug-likeness (QED) is 0.187. The molecule has 5 heteroatoms. The molecule has 0 fully saturated rings. The van der Waals surface area contributed by atoms with Crippen molar-refractivity contribution in [1.29, 1.82) is 0 Å². The summed E-state index contributed by atoms with van der Waals surface area (Å²) in [6.07, 6.45) is 6.32. The van der Waals surface area contributed by atoms with Crippen molar-refractivity contribution in [2.45, 2.75) is 46.0 Å². The SMILES string of the molecule is CC1C=C(n2c3ccccc3c3cc4c(cc32)C(C)(C)c2ccccc2-4)N=C(c2nc(C3=c4ccccc4=CCC3C)nc(-c3ccccc3)n2)C1. The van der Waals surface area contributed by atoms with Gasteiger partial charge in [0.1, 0.15) is 5.82 Å². The van der Waals surface area contributed by atoms with Crippen LogP contribution in [0.4, 0.5) is 0 Å². The van der Waals surface area contributed by atoms with Crippen LogP contribution in [0, 0.1) is 11.8 Å². The highest BCUT2D eigenvalue weighted by molar-refractivity contribution is 6.13. The van der Waals surface area contributed by atoms with Crippen LogP contribution >= 0.6 is 0 Å². The zero-order chi connectivity index (χ0) is 35.1. The third-order valence-electron chi connectivity index (χ3n) is 11.4. The van der Waals surface area contributed by atoms with Crippen LogP contribution in [0.1, 0.15) is 63.3 Å². The number of para-hydroxylation sites is 1. The van der Waals surface area contributed by atoms with E-state index < -0.39 is 0 Å². The molecule has 252 valence electrons. The minimum Gasteiger partial charge on any atom is -0.294 e. The minimum atomic E-state index is -0.108. The average molecular weight is 674 g/mol. The number of fused-ring (bicyclic) bond motifs is 7. The van der Waals surface area contributed by atoms with E-state index in [1.165, 1.54) is 54.6 Å². The fourth-order valence-corrected chi connectivity index (χ4v) is 8.81. The third-order valence-corrected chi connectivity index (χ3v) is 11.4. The van der Waals surface area contributed by atoms with Gasteiger partial charge in [0, 0.05) is 27.3 Å². The molecule has 0 bridgehead atoms. The van der Waals surface area contributed by atoms with Gasteiger partial charge in [-0.1, -0.05) is 131 Å². The Hall–Kier alpha value is -5.94. The highest BCUT2D eigenvalue weighted by Gasteiger charge is 2.36. The number of allylic oxidation sites excluding steroid dienone is 1. The number of aromatic nitrogens is 4. The molecule has 2 unspecified atom stereocenters. The number of rotatable bonds is 4. The Balaban J connectivity index is 1.19. The van der Waals surface area contributed by atoms with Gasteiger partial charge in [0.15, 0.2) is 17.5 Å². The Morgan fingerprint density at radius 2 is 1.38 bits per heavy atom. The molecule has 0 spiro atoms. The Morgan fingerprint density at radius 1 is 0.654 bits per heavy atom. The molecule has 5 aromatic carbocycles. The summed E-state index contributed by atoms with van der Waals surface area (Å²) in [6.45, 7) is 9.23. The highest BCUT2D eigenvalue weighted by atomic mass is 15.1. The van der Waals surface area contributed by atoms with Crippen LogP contribution in [0.5, 0.6) is 0 Å². The minimum absolute atomic E-state index is 0.108. The zero-order valence-electron chi connectivity index (χ0n) is 29.9. The average Bonchev–Trinajstić information content (AvgIpc) is 3.62. The molecule has 2 aromatic heterocycles. The Bertz CT molecular complexity index is 2800. The number of hydrogen-bond donors (Lipinski definition) is 0. The molecule has 2 atom stereocenters. The van der Waals surface area contributed by atoms with Crippen LogP contribution in [0.15, 0.2) is 126 Å². The van der Waals surface area contributed by atoms with E-state index in [1.54, 1.807) is 0 Å². The van der Waals surface area contributed by atoms with Crippen molar-refractivity contribution in [3.05, 3.63) is 155 Å². The van der Waals surface area contributed by atoms with Crippen molar-refractivity contribution in [2.24, 2.45) is 16.8 Å².